The highest BCUT2D eigenvalue weighted by atomic mass is 33.1. The van der Waals surface area contributed by atoms with Crippen LogP contribution in [0.15, 0.2) is 0 Å². The summed E-state index contributed by atoms with van der Waals surface area (Å²) in [5.74, 6) is 4.09. The molecular weight excluding hydrogens is 180 g/mol. The van der Waals surface area contributed by atoms with Crippen molar-refractivity contribution in [3.63, 3.8) is 0 Å². The molecule has 64 valence electrons. The van der Waals surface area contributed by atoms with Gasteiger partial charge in [-0.25, -0.2) is 0 Å². The van der Waals surface area contributed by atoms with Gasteiger partial charge in [-0.3, -0.25) is 0 Å². The Balaban J connectivity index is 2.75. The summed E-state index contributed by atoms with van der Waals surface area (Å²) in [5.41, 5.74) is 0. The Morgan fingerprint density at radius 2 is 2.09 bits per heavy atom. The smallest absolute Gasteiger partial charge is 0.107 e. The summed E-state index contributed by atoms with van der Waals surface area (Å²) < 4.78 is 5.03. The highest BCUT2D eigenvalue weighted by Crippen LogP contribution is 2.19. The quantitative estimate of drug-likeness (QED) is 0.370. The molecule has 0 aromatic rings. The molecule has 0 aromatic heterocycles. The molecule has 0 aliphatic heterocycles. The number of aliphatic hydroxyl groups is 1. The molecule has 0 atom stereocenters. The highest BCUT2D eigenvalue weighted by molar-refractivity contribution is 8.76. The molecule has 0 aromatic carbocycles. The van der Waals surface area contributed by atoms with Gasteiger partial charge >= 0.3 is 0 Å². The highest BCUT2D eigenvalue weighted by Gasteiger charge is 1.88. The molecule has 0 fully saturated rings. The Kier molecular flexibility index (Phi) is 10.3. The van der Waals surface area contributed by atoms with Gasteiger partial charge in [-0.05, 0) is 0 Å². The Morgan fingerprint density at radius 1 is 1.36 bits per heavy atom. The van der Waals surface area contributed by atoms with Gasteiger partial charge in [-0.2, -0.15) is 0 Å². The van der Waals surface area contributed by atoms with E-state index in [0.717, 1.165) is 11.5 Å². The first-order valence-corrected chi connectivity index (χ1v) is 5.77. The average Bonchev–Trinajstić information content (AvgIpc) is 2.03. The van der Waals surface area contributed by atoms with Crippen molar-refractivity contribution in [2.75, 3.05) is 31.3 Å². The van der Waals surface area contributed by atoms with Gasteiger partial charge in [-0.1, -0.05) is 27.5 Å². The lowest BCUT2D eigenvalue weighted by Gasteiger charge is -1.98. The lowest BCUT2D eigenvalue weighted by Crippen LogP contribution is -1.96. The molecule has 0 spiro atoms. The number of rotatable bonds is 7. The molecular formula is C7H12O2S2. The van der Waals surface area contributed by atoms with Crippen LogP contribution in [0.3, 0.4) is 0 Å². The fraction of sp³-hybridized carbons (Fsp3) is 0.714. The van der Waals surface area contributed by atoms with Crippen LogP contribution in [0, 0.1) is 12.3 Å². The SMILES string of the molecule is C#CCOCCSSCCO. The zero-order chi connectivity index (χ0) is 8.36. The van der Waals surface area contributed by atoms with Crippen LogP contribution in [0.4, 0.5) is 0 Å². The number of hydrogen-bond acceptors (Lipinski definition) is 4. The molecule has 0 radical (unpaired) electrons. The summed E-state index contributed by atoms with van der Waals surface area (Å²) in [7, 11) is 3.34. The Bertz CT molecular complexity index is 111. The lowest BCUT2D eigenvalue weighted by molar-refractivity contribution is 0.185. The number of aliphatic hydroxyl groups excluding tert-OH is 1. The van der Waals surface area contributed by atoms with Crippen LogP contribution < -0.4 is 0 Å². The first kappa shape index (κ1) is 11.2. The molecule has 0 saturated carbocycles. The minimum Gasteiger partial charge on any atom is -0.395 e. The molecule has 0 unspecified atom stereocenters. The summed E-state index contributed by atoms with van der Waals surface area (Å²) in [5, 5.41) is 8.42. The van der Waals surface area contributed by atoms with Gasteiger partial charge in [-0.15, -0.1) is 6.42 Å². The fourth-order valence-corrected chi connectivity index (χ4v) is 2.01. The Hall–Kier alpha value is 0.180. The Morgan fingerprint density at radius 3 is 2.73 bits per heavy atom. The maximum atomic E-state index is 8.42. The monoisotopic (exact) mass is 192 g/mol. The van der Waals surface area contributed by atoms with Gasteiger partial charge in [0.2, 0.25) is 0 Å². The lowest BCUT2D eigenvalue weighted by atomic mass is 10.7. The van der Waals surface area contributed by atoms with Gasteiger partial charge in [0.25, 0.3) is 0 Å². The van der Waals surface area contributed by atoms with Gasteiger partial charge in [0.05, 0.1) is 13.2 Å². The average molecular weight is 192 g/mol. The summed E-state index contributed by atoms with van der Waals surface area (Å²) in [6.45, 7) is 1.32. The van der Waals surface area contributed by atoms with Crippen molar-refractivity contribution in [2.45, 2.75) is 0 Å². The van der Waals surface area contributed by atoms with Crippen LogP contribution in [0.5, 0.6) is 0 Å². The maximum Gasteiger partial charge on any atom is 0.107 e. The normalized spacial score (nSPS) is 9.45. The van der Waals surface area contributed by atoms with E-state index in [-0.39, 0.29) is 6.61 Å². The third-order valence-electron chi connectivity index (χ3n) is 0.754. The largest absolute Gasteiger partial charge is 0.395 e. The van der Waals surface area contributed by atoms with E-state index in [2.05, 4.69) is 5.92 Å². The molecule has 4 heteroatoms. The molecule has 0 amide bonds. The summed E-state index contributed by atoms with van der Waals surface area (Å²) in [6, 6.07) is 0. The molecule has 0 heterocycles. The molecule has 0 aliphatic rings. The van der Waals surface area contributed by atoms with Gasteiger partial charge in [0.1, 0.15) is 6.61 Å². The first-order valence-electron chi connectivity index (χ1n) is 3.28. The minimum absolute atomic E-state index is 0.239. The standard InChI is InChI=1S/C7H12O2S2/c1-2-4-9-5-7-11-10-6-3-8/h1,8H,3-7H2. The van der Waals surface area contributed by atoms with E-state index in [1.807, 2.05) is 0 Å². The third kappa shape index (κ3) is 10.2. The van der Waals surface area contributed by atoms with Crippen molar-refractivity contribution in [3.8, 4) is 12.3 Å². The number of terminal acetylenes is 1. The van der Waals surface area contributed by atoms with Crippen LogP contribution in [0.25, 0.3) is 0 Å². The number of ether oxygens (including phenoxy) is 1. The van der Waals surface area contributed by atoms with Crippen molar-refractivity contribution < 1.29 is 9.84 Å². The minimum atomic E-state index is 0.239. The first-order chi connectivity index (χ1) is 5.41. The van der Waals surface area contributed by atoms with E-state index in [9.17, 15) is 0 Å². The van der Waals surface area contributed by atoms with E-state index < -0.39 is 0 Å². The maximum absolute atomic E-state index is 8.42. The van der Waals surface area contributed by atoms with E-state index in [0.29, 0.717) is 13.2 Å². The summed E-state index contributed by atoms with van der Waals surface area (Å²) in [4.78, 5) is 0. The zero-order valence-electron chi connectivity index (χ0n) is 6.28. The summed E-state index contributed by atoms with van der Waals surface area (Å²) in [6.07, 6.45) is 4.97. The molecule has 0 saturated heterocycles. The van der Waals surface area contributed by atoms with Crippen LogP contribution in [-0.2, 0) is 4.74 Å². The topological polar surface area (TPSA) is 29.5 Å². The molecule has 2 nitrogen and oxygen atoms in total. The van der Waals surface area contributed by atoms with Crippen molar-refractivity contribution in [1.82, 2.24) is 0 Å². The van der Waals surface area contributed by atoms with Crippen molar-refractivity contribution in [1.29, 1.82) is 0 Å². The van der Waals surface area contributed by atoms with E-state index in [4.69, 9.17) is 16.3 Å². The van der Waals surface area contributed by atoms with Crippen LogP contribution in [0.2, 0.25) is 0 Å². The summed E-state index contributed by atoms with van der Waals surface area (Å²) >= 11 is 0. The second-order valence-electron chi connectivity index (χ2n) is 1.62. The second-order valence-corrected chi connectivity index (χ2v) is 4.33. The van der Waals surface area contributed by atoms with Gasteiger partial charge in [0, 0.05) is 11.5 Å². The predicted molar refractivity (Wildman–Crippen MR) is 51.7 cm³/mol. The molecule has 0 bridgehead atoms. The Labute approximate surface area is 75.5 Å². The van der Waals surface area contributed by atoms with Gasteiger partial charge in [0.15, 0.2) is 0 Å². The second kappa shape index (κ2) is 10.2. The molecule has 0 aliphatic carbocycles. The van der Waals surface area contributed by atoms with Crippen LogP contribution in [-0.4, -0.2) is 36.4 Å². The van der Waals surface area contributed by atoms with E-state index >= 15 is 0 Å². The predicted octanol–water partition coefficient (Wildman–Crippen LogP) is 1.01. The third-order valence-corrected chi connectivity index (χ3v) is 3.10. The molecule has 11 heavy (non-hydrogen) atoms. The van der Waals surface area contributed by atoms with Crippen molar-refractivity contribution >= 4 is 21.6 Å². The number of hydrogen-bond donors (Lipinski definition) is 1. The van der Waals surface area contributed by atoms with Crippen LogP contribution in [0.1, 0.15) is 0 Å². The van der Waals surface area contributed by atoms with Crippen molar-refractivity contribution in [2.24, 2.45) is 0 Å². The van der Waals surface area contributed by atoms with E-state index in [1.54, 1.807) is 21.6 Å². The van der Waals surface area contributed by atoms with E-state index in [1.165, 1.54) is 0 Å². The van der Waals surface area contributed by atoms with Crippen LogP contribution >= 0.6 is 21.6 Å². The zero-order valence-corrected chi connectivity index (χ0v) is 7.92. The van der Waals surface area contributed by atoms with Gasteiger partial charge < -0.3 is 9.84 Å². The fourth-order valence-electron chi connectivity index (χ4n) is 0.379. The molecule has 0 rings (SSSR count). The molecule has 1 N–H and O–H groups in total. The van der Waals surface area contributed by atoms with Crippen molar-refractivity contribution in [3.05, 3.63) is 0 Å².